The Labute approximate surface area is 163 Å². The van der Waals surface area contributed by atoms with Gasteiger partial charge in [-0.15, -0.1) is 0 Å². The molecule has 0 unspecified atom stereocenters. The first-order chi connectivity index (χ1) is 13.0. The number of hydrogen-bond acceptors (Lipinski definition) is 4. The quantitative estimate of drug-likeness (QED) is 0.669. The minimum Gasteiger partial charge on any atom is -0.366 e. The van der Waals surface area contributed by atoms with Crippen LogP contribution in [0.1, 0.15) is 33.0 Å². The molecule has 0 spiro atoms. The summed E-state index contributed by atoms with van der Waals surface area (Å²) in [6, 6.07) is 17.3. The number of benzene rings is 2. The maximum absolute atomic E-state index is 12.5. The number of carbonyl (C=O) groups excluding carboxylic acids is 1. The van der Waals surface area contributed by atoms with Gasteiger partial charge in [0.05, 0.1) is 0 Å². The molecule has 3 rings (SSSR count). The average molecular weight is 381 g/mol. The highest BCUT2D eigenvalue weighted by molar-refractivity contribution is 6.30. The van der Waals surface area contributed by atoms with E-state index < -0.39 is 0 Å². The van der Waals surface area contributed by atoms with E-state index in [1.807, 2.05) is 24.3 Å². The highest BCUT2D eigenvalue weighted by Crippen LogP contribution is 2.12. The molecule has 27 heavy (non-hydrogen) atoms. The van der Waals surface area contributed by atoms with Gasteiger partial charge in [0.15, 0.2) is 0 Å². The van der Waals surface area contributed by atoms with Crippen LogP contribution in [0.4, 0.5) is 5.82 Å². The zero-order valence-corrected chi connectivity index (χ0v) is 16.0. The van der Waals surface area contributed by atoms with Crippen molar-refractivity contribution >= 4 is 23.3 Å². The maximum Gasteiger partial charge on any atom is 0.270 e. The molecule has 2 aromatic carbocycles. The van der Waals surface area contributed by atoms with Gasteiger partial charge in [-0.1, -0.05) is 53.6 Å². The Kier molecular flexibility index (Phi) is 6.04. The fourth-order valence-corrected chi connectivity index (χ4v) is 2.79. The first-order valence-corrected chi connectivity index (χ1v) is 9.05. The number of anilines is 1. The summed E-state index contributed by atoms with van der Waals surface area (Å²) < 4.78 is 0. The normalized spacial score (nSPS) is 10.5. The fraction of sp³-hybridized carbons (Fsp3) is 0.190. The number of carbonyl (C=O) groups is 1. The summed E-state index contributed by atoms with van der Waals surface area (Å²) in [6.07, 6.45) is 0. The molecule has 0 bridgehead atoms. The third-order valence-corrected chi connectivity index (χ3v) is 4.25. The van der Waals surface area contributed by atoms with Gasteiger partial charge >= 0.3 is 0 Å². The zero-order valence-electron chi connectivity index (χ0n) is 15.3. The highest BCUT2D eigenvalue weighted by atomic mass is 35.5. The molecule has 1 heterocycles. The molecule has 0 aliphatic carbocycles. The summed E-state index contributed by atoms with van der Waals surface area (Å²) in [5, 5.41) is 6.80. The number of nitrogens with zero attached hydrogens (tertiary/aromatic N) is 2. The lowest BCUT2D eigenvalue weighted by molar-refractivity contribution is 0.0945. The SMILES string of the molecule is Cc1cccc(CNc2cc(C(=O)NCc3ccc(Cl)cc3)nc(C)n2)c1. The topological polar surface area (TPSA) is 66.9 Å². The van der Waals surface area contributed by atoms with Gasteiger partial charge < -0.3 is 10.6 Å². The molecular formula is C21H21ClN4O. The van der Waals surface area contributed by atoms with Gasteiger partial charge in [-0.2, -0.15) is 0 Å². The molecule has 2 N–H and O–H groups in total. The molecule has 138 valence electrons. The van der Waals surface area contributed by atoms with Gasteiger partial charge in [0, 0.05) is 24.2 Å². The van der Waals surface area contributed by atoms with E-state index >= 15 is 0 Å². The number of nitrogens with one attached hydrogen (secondary N) is 2. The van der Waals surface area contributed by atoms with E-state index in [9.17, 15) is 4.79 Å². The van der Waals surface area contributed by atoms with Gasteiger partial charge in [-0.25, -0.2) is 9.97 Å². The van der Waals surface area contributed by atoms with Crippen molar-refractivity contribution in [3.63, 3.8) is 0 Å². The molecule has 3 aromatic rings. The van der Waals surface area contributed by atoms with Crippen molar-refractivity contribution in [2.24, 2.45) is 0 Å². The summed E-state index contributed by atoms with van der Waals surface area (Å²) in [4.78, 5) is 21.1. The molecule has 0 atom stereocenters. The van der Waals surface area contributed by atoms with Crippen LogP contribution in [-0.2, 0) is 13.1 Å². The lowest BCUT2D eigenvalue weighted by Crippen LogP contribution is -2.24. The van der Waals surface area contributed by atoms with E-state index in [4.69, 9.17) is 11.6 Å². The van der Waals surface area contributed by atoms with Crippen LogP contribution in [0, 0.1) is 13.8 Å². The van der Waals surface area contributed by atoms with Crippen LogP contribution in [-0.4, -0.2) is 15.9 Å². The molecule has 1 aromatic heterocycles. The largest absolute Gasteiger partial charge is 0.366 e. The van der Waals surface area contributed by atoms with Crippen LogP contribution in [0.15, 0.2) is 54.6 Å². The molecule has 5 nitrogen and oxygen atoms in total. The second-order valence-electron chi connectivity index (χ2n) is 6.34. The van der Waals surface area contributed by atoms with Crippen LogP contribution >= 0.6 is 11.6 Å². The third kappa shape index (κ3) is 5.53. The van der Waals surface area contributed by atoms with E-state index in [0.717, 1.165) is 11.1 Å². The van der Waals surface area contributed by atoms with Crippen molar-refractivity contribution in [1.82, 2.24) is 15.3 Å². The van der Waals surface area contributed by atoms with E-state index in [2.05, 4.69) is 39.7 Å². The van der Waals surface area contributed by atoms with Gasteiger partial charge in [0.2, 0.25) is 0 Å². The number of aryl methyl sites for hydroxylation is 2. The van der Waals surface area contributed by atoms with Gasteiger partial charge in [-0.05, 0) is 37.1 Å². The summed E-state index contributed by atoms with van der Waals surface area (Å²) in [5.41, 5.74) is 3.66. The fourth-order valence-electron chi connectivity index (χ4n) is 2.66. The first kappa shape index (κ1) is 18.9. The summed E-state index contributed by atoms with van der Waals surface area (Å²) in [7, 11) is 0. The molecule has 0 aliphatic heterocycles. The molecule has 6 heteroatoms. The van der Waals surface area contributed by atoms with Crippen LogP contribution in [0.25, 0.3) is 0 Å². The van der Waals surface area contributed by atoms with Crippen molar-refractivity contribution < 1.29 is 4.79 Å². The zero-order chi connectivity index (χ0) is 19.2. The Morgan fingerprint density at radius 1 is 0.963 bits per heavy atom. The second kappa shape index (κ2) is 8.64. The number of halogens is 1. The number of aromatic nitrogens is 2. The number of hydrogen-bond donors (Lipinski definition) is 2. The Hall–Kier alpha value is -2.92. The van der Waals surface area contributed by atoms with Crippen molar-refractivity contribution in [2.45, 2.75) is 26.9 Å². The van der Waals surface area contributed by atoms with Gasteiger partial charge in [0.1, 0.15) is 17.3 Å². The predicted octanol–water partition coefficient (Wildman–Crippen LogP) is 4.29. The molecule has 0 aliphatic rings. The second-order valence-corrected chi connectivity index (χ2v) is 6.77. The van der Waals surface area contributed by atoms with E-state index in [0.29, 0.717) is 35.4 Å². The Morgan fingerprint density at radius 3 is 2.48 bits per heavy atom. The number of rotatable bonds is 6. The molecule has 0 saturated heterocycles. The molecular weight excluding hydrogens is 360 g/mol. The highest BCUT2D eigenvalue weighted by Gasteiger charge is 2.10. The standard InChI is InChI=1S/C21H21ClN4O/c1-14-4-3-5-17(10-14)13-23-20-11-19(25-15(2)26-20)21(27)24-12-16-6-8-18(22)9-7-16/h3-11H,12-13H2,1-2H3,(H,24,27)(H,23,25,26). The Bertz CT molecular complexity index is 941. The van der Waals surface area contributed by atoms with Crippen molar-refractivity contribution in [2.75, 3.05) is 5.32 Å². The maximum atomic E-state index is 12.5. The first-order valence-electron chi connectivity index (χ1n) is 8.67. The van der Waals surface area contributed by atoms with E-state index in [1.54, 1.807) is 25.1 Å². The van der Waals surface area contributed by atoms with Crippen molar-refractivity contribution in [3.8, 4) is 0 Å². The van der Waals surface area contributed by atoms with Crippen LogP contribution in [0.5, 0.6) is 0 Å². The summed E-state index contributed by atoms with van der Waals surface area (Å²) in [6.45, 7) is 4.87. The van der Waals surface area contributed by atoms with Crippen molar-refractivity contribution in [3.05, 3.63) is 87.8 Å². The van der Waals surface area contributed by atoms with Gasteiger partial charge in [0.25, 0.3) is 5.91 Å². The molecule has 0 fully saturated rings. The molecule has 0 radical (unpaired) electrons. The van der Waals surface area contributed by atoms with Crippen molar-refractivity contribution in [1.29, 1.82) is 0 Å². The minimum absolute atomic E-state index is 0.242. The average Bonchev–Trinajstić information content (AvgIpc) is 2.65. The lowest BCUT2D eigenvalue weighted by atomic mass is 10.1. The van der Waals surface area contributed by atoms with Gasteiger partial charge in [-0.3, -0.25) is 4.79 Å². The molecule has 1 amide bonds. The Morgan fingerprint density at radius 2 is 1.74 bits per heavy atom. The Balaban J connectivity index is 1.64. The monoisotopic (exact) mass is 380 g/mol. The van der Waals surface area contributed by atoms with E-state index in [-0.39, 0.29) is 5.91 Å². The van der Waals surface area contributed by atoms with Crippen LogP contribution in [0.2, 0.25) is 5.02 Å². The molecule has 0 saturated carbocycles. The summed E-state index contributed by atoms with van der Waals surface area (Å²) in [5.74, 6) is 0.926. The third-order valence-electron chi connectivity index (χ3n) is 3.99. The smallest absolute Gasteiger partial charge is 0.270 e. The lowest BCUT2D eigenvalue weighted by Gasteiger charge is -2.10. The summed E-state index contributed by atoms with van der Waals surface area (Å²) >= 11 is 5.88. The van der Waals surface area contributed by atoms with Crippen LogP contribution < -0.4 is 10.6 Å². The minimum atomic E-state index is -0.242. The number of amides is 1. The van der Waals surface area contributed by atoms with E-state index in [1.165, 1.54) is 5.56 Å². The van der Waals surface area contributed by atoms with Crippen LogP contribution in [0.3, 0.4) is 0 Å². The predicted molar refractivity (Wildman–Crippen MR) is 108 cm³/mol.